The first kappa shape index (κ1) is 35.0. The summed E-state index contributed by atoms with van der Waals surface area (Å²) in [6.45, 7) is 8.71. The topological polar surface area (TPSA) is 0 Å². The smallest absolute Gasteiger partial charge is 0.0809 e. The van der Waals surface area contributed by atoms with Crippen molar-refractivity contribution in [3.8, 4) is 11.1 Å². The average molecular weight is 674 g/mol. The van der Waals surface area contributed by atoms with E-state index in [4.69, 9.17) is 17.0 Å². The van der Waals surface area contributed by atoms with E-state index in [1.807, 2.05) is 30.3 Å². The van der Waals surface area contributed by atoms with Crippen LogP contribution in [0.3, 0.4) is 0 Å². The Kier molecular flexibility index (Phi) is 18.3. The summed E-state index contributed by atoms with van der Waals surface area (Å²) in [5, 5.41) is 5.37. The first-order valence-electron chi connectivity index (χ1n) is 13.9. The Balaban J connectivity index is 0.000000229. The van der Waals surface area contributed by atoms with Crippen molar-refractivity contribution in [2.75, 3.05) is 0 Å². The van der Waals surface area contributed by atoms with E-state index < -0.39 is 20.8 Å². The first-order chi connectivity index (χ1) is 20.1. The second-order valence-electron chi connectivity index (χ2n) is 9.45. The Morgan fingerprint density at radius 1 is 0.805 bits per heavy atom. The quantitative estimate of drug-likeness (QED) is 0.129. The van der Waals surface area contributed by atoms with Gasteiger partial charge in [0.15, 0.2) is 0 Å². The summed E-state index contributed by atoms with van der Waals surface area (Å²) < 4.78 is 0. The molecule has 0 fully saturated rings. The zero-order valence-corrected chi connectivity index (χ0v) is 29.5. The molecule has 212 valence electrons. The van der Waals surface area contributed by atoms with Gasteiger partial charge in [0.25, 0.3) is 0 Å². The van der Waals surface area contributed by atoms with Crippen molar-refractivity contribution in [2.24, 2.45) is 0 Å². The molecule has 4 heteroatoms. The number of fused-ring (bicyclic) bond motifs is 2. The molecule has 6 rings (SSSR count). The fourth-order valence-electron chi connectivity index (χ4n) is 4.28. The van der Waals surface area contributed by atoms with Crippen LogP contribution in [0.4, 0.5) is 0 Å². The maximum Gasteiger partial charge on any atom is -0.0809 e. The van der Waals surface area contributed by atoms with E-state index in [-0.39, 0.29) is 0 Å². The van der Waals surface area contributed by atoms with Gasteiger partial charge in [-0.3, -0.25) is 0 Å². The molecule has 41 heavy (non-hydrogen) atoms. The number of rotatable bonds is 4. The van der Waals surface area contributed by atoms with Gasteiger partial charge in [0, 0.05) is 9.52 Å². The molecular weight excluding hydrogens is 635 g/mol. The fourth-order valence-corrected chi connectivity index (χ4v) is 4.28. The molecule has 0 amide bonds. The van der Waals surface area contributed by atoms with E-state index in [1.165, 1.54) is 63.1 Å². The average Bonchev–Trinajstić information content (AvgIpc) is 3.65. The number of halogens is 2. The minimum atomic E-state index is -0.826. The number of unbranched alkanes of at least 4 members (excludes halogenated alkanes) is 1. The largest absolute Gasteiger partial charge is 0.184 e. The molecule has 6 aromatic carbocycles. The van der Waals surface area contributed by atoms with Gasteiger partial charge in [-0.15, -0.1) is 64.2 Å². The van der Waals surface area contributed by atoms with Gasteiger partial charge in [-0.25, -0.2) is 0 Å². The molecule has 0 heterocycles. The molecule has 0 nitrogen and oxygen atoms in total. The summed E-state index contributed by atoms with van der Waals surface area (Å²) in [4.78, 5) is 0. The van der Waals surface area contributed by atoms with E-state index in [1.54, 1.807) is 0 Å². The summed E-state index contributed by atoms with van der Waals surface area (Å²) in [7, 11) is 11.0. The van der Waals surface area contributed by atoms with Crippen molar-refractivity contribution in [3.05, 3.63) is 145 Å². The molecule has 0 aliphatic carbocycles. The van der Waals surface area contributed by atoms with E-state index in [0.717, 1.165) is 9.52 Å². The van der Waals surface area contributed by atoms with E-state index in [9.17, 15) is 0 Å². The Bertz CT molecular complexity index is 1410. The van der Waals surface area contributed by atoms with Crippen LogP contribution in [0.25, 0.3) is 32.7 Å². The van der Waals surface area contributed by atoms with Crippen LogP contribution in [0, 0.1) is 13.0 Å². The number of hydrogen-bond acceptors (Lipinski definition) is 0. The minimum Gasteiger partial charge on any atom is -0.184 e. The van der Waals surface area contributed by atoms with Crippen LogP contribution in [0.1, 0.15) is 30.9 Å². The second-order valence-corrected chi connectivity index (χ2v) is 14.2. The SMILES string of the molecule is CCCCc1ccc(-c2cccc3[cH-]c(C)cc23)cc1.C[Si]C.[Cl][Zr][Cl].[c-]1ccccc1.c1ccc2[cH-]ccc2c1. The number of aryl methyl sites for hydroxylation is 2. The van der Waals surface area contributed by atoms with Crippen LogP contribution in [0.5, 0.6) is 0 Å². The van der Waals surface area contributed by atoms with Crippen LogP contribution in [-0.2, 0) is 27.3 Å². The first-order valence-corrected chi connectivity index (χ1v) is 22.2. The third kappa shape index (κ3) is 13.1. The summed E-state index contributed by atoms with van der Waals surface area (Å²) in [5.41, 5.74) is 5.45. The van der Waals surface area contributed by atoms with E-state index >= 15 is 0 Å². The molecule has 0 aromatic heterocycles. The fraction of sp³-hybridized carbons (Fsp3) is 0.189. The molecule has 0 saturated carbocycles. The maximum absolute atomic E-state index is 4.93. The predicted molar refractivity (Wildman–Crippen MR) is 182 cm³/mol. The van der Waals surface area contributed by atoms with Crippen molar-refractivity contribution in [1.29, 1.82) is 0 Å². The maximum atomic E-state index is 4.93. The standard InChI is InChI=1S/C20H21.C9H7.C6H5.C2H6Si.2ClH.Zr/c1-3-4-6-16-9-11-17(12-10-16)19-8-5-7-18-13-15(2)14-20(18)19;1-2-5-9-7-3-6-8(9)4-1;1-2-4-6-5-3-1;1-3-2;;;/h5,7-14H,3-4,6H2,1-2H3;1-7H;1-5H;1-2H3;2*1H;/q3*-1;;;;+2/p-2. The monoisotopic (exact) mass is 671 g/mol. The van der Waals surface area contributed by atoms with Crippen LogP contribution in [0.2, 0.25) is 13.1 Å². The van der Waals surface area contributed by atoms with Gasteiger partial charge in [-0.1, -0.05) is 75.3 Å². The molecule has 0 bridgehead atoms. The van der Waals surface area contributed by atoms with E-state index in [0.29, 0.717) is 0 Å². The molecular formula is C37H39Cl2SiZr-3. The number of hydrogen-bond donors (Lipinski definition) is 0. The van der Waals surface area contributed by atoms with Gasteiger partial charge in [0.2, 0.25) is 0 Å². The third-order valence-electron chi connectivity index (χ3n) is 6.13. The number of benzene rings is 4. The van der Waals surface area contributed by atoms with Crippen molar-refractivity contribution < 1.29 is 20.8 Å². The normalized spacial score (nSPS) is 9.61. The molecule has 0 aliphatic rings. The summed E-state index contributed by atoms with van der Waals surface area (Å²) in [6, 6.07) is 47.4. The Morgan fingerprint density at radius 2 is 1.46 bits per heavy atom. The van der Waals surface area contributed by atoms with Crippen molar-refractivity contribution in [3.63, 3.8) is 0 Å². The molecule has 6 aromatic rings. The van der Waals surface area contributed by atoms with Gasteiger partial charge >= 0.3 is 37.9 Å². The van der Waals surface area contributed by atoms with Gasteiger partial charge in [-0.2, -0.15) is 60.0 Å². The zero-order valence-electron chi connectivity index (χ0n) is 24.5. The Morgan fingerprint density at radius 3 is 2.05 bits per heavy atom. The molecule has 0 spiro atoms. The van der Waals surface area contributed by atoms with Crippen molar-refractivity contribution in [2.45, 2.75) is 46.2 Å². The molecule has 0 N–H and O–H groups in total. The Hall–Kier alpha value is -2.22. The van der Waals surface area contributed by atoms with Crippen molar-refractivity contribution in [1.82, 2.24) is 0 Å². The van der Waals surface area contributed by atoms with Gasteiger partial charge in [-0.05, 0) is 24.0 Å². The van der Waals surface area contributed by atoms with E-state index in [2.05, 4.69) is 130 Å². The van der Waals surface area contributed by atoms with Gasteiger partial charge in [0.1, 0.15) is 0 Å². The van der Waals surface area contributed by atoms with Crippen molar-refractivity contribution >= 4 is 48.1 Å². The summed E-state index contributed by atoms with van der Waals surface area (Å²) >= 11 is -0.826. The second kappa shape index (κ2) is 21.5. The van der Waals surface area contributed by atoms with Crippen LogP contribution in [0.15, 0.2) is 127 Å². The molecule has 0 unspecified atom stereocenters. The summed E-state index contributed by atoms with van der Waals surface area (Å²) in [6.07, 6.45) is 3.72. The molecule has 0 aliphatic heterocycles. The summed E-state index contributed by atoms with van der Waals surface area (Å²) in [5.74, 6) is 0. The van der Waals surface area contributed by atoms with Crippen LogP contribution >= 0.6 is 17.0 Å². The molecule has 2 radical (unpaired) electrons. The molecule has 0 saturated heterocycles. The van der Waals surface area contributed by atoms with Gasteiger partial charge in [0.05, 0.1) is 0 Å². The van der Waals surface area contributed by atoms with Gasteiger partial charge < -0.3 is 0 Å². The Labute approximate surface area is 269 Å². The minimum absolute atomic E-state index is 0.826. The van der Waals surface area contributed by atoms with Crippen LogP contribution in [-0.4, -0.2) is 9.52 Å². The van der Waals surface area contributed by atoms with Crippen LogP contribution < -0.4 is 0 Å². The third-order valence-corrected chi connectivity index (χ3v) is 6.13. The molecule has 0 atom stereocenters. The predicted octanol–water partition coefficient (Wildman–Crippen LogP) is 12.1. The zero-order chi connectivity index (χ0) is 29.7.